The van der Waals surface area contributed by atoms with Crippen LogP contribution >= 0.6 is 31.9 Å². The van der Waals surface area contributed by atoms with Crippen molar-refractivity contribution >= 4 is 44.0 Å². The zero-order chi connectivity index (χ0) is 20.0. The topological polar surface area (TPSA) is 59.9 Å². The normalized spacial score (nSPS) is 11.5. The summed E-state index contributed by atoms with van der Waals surface area (Å²) >= 11 is 6.83. The smallest absolute Gasteiger partial charge is 0.277 e. The lowest BCUT2D eigenvalue weighted by molar-refractivity contribution is -0.123. The van der Waals surface area contributed by atoms with E-state index in [1.807, 2.05) is 36.4 Å². The summed E-state index contributed by atoms with van der Waals surface area (Å²) in [7, 11) is 1.57. The van der Waals surface area contributed by atoms with E-state index in [-0.39, 0.29) is 17.9 Å². The fraction of sp³-hybridized carbons (Fsp3) is 0.300. The van der Waals surface area contributed by atoms with E-state index in [1.54, 1.807) is 7.11 Å². The van der Waals surface area contributed by atoms with Crippen molar-refractivity contribution in [3.8, 4) is 11.5 Å². The van der Waals surface area contributed by atoms with Crippen molar-refractivity contribution < 1.29 is 14.3 Å². The van der Waals surface area contributed by atoms with Crippen LogP contribution in [-0.2, 0) is 10.2 Å². The molecule has 0 saturated carbocycles. The van der Waals surface area contributed by atoms with Crippen LogP contribution in [0.1, 0.15) is 31.9 Å². The van der Waals surface area contributed by atoms with Crippen molar-refractivity contribution in [2.75, 3.05) is 13.7 Å². The zero-order valence-electron chi connectivity index (χ0n) is 15.7. The number of hydrogen-bond acceptors (Lipinski definition) is 4. The highest BCUT2D eigenvalue weighted by Crippen LogP contribution is 2.31. The molecule has 7 heteroatoms. The zero-order valence-corrected chi connectivity index (χ0v) is 18.8. The average molecular weight is 498 g/mol. The maximum Gasteiger partial charge on any atom is 0.277 e. The van der Waals surface area contributed by atoms with Crippen molar-refractivity contribution in [1.29, 1.82) is 0 Å². The van der Waals surface area contributed by atoms with Crippen LogP contribution in [0.2, 0.25) is 0 Å². The number of amides is 1. The van der Waals surface area contributed by atoms with Gasteiger partial charge in [-0.3, -0.25) is 4.79 Å². The van der Waals surface area contributed by atoms with Crippen molar-refractivity contribution in [2.24, 2.45) is 5.10 Å². The number of carbonyl (C=O) groups excluding carboxylic acids is 1. The van der Waals surface area contributed by atoms with Gasteiger partial charge >= 0.3 is 0 Å². The maximum atomic E-state index is 11.9. The van der Waals surface area contributed by atoms with Crippen LogP contribution in [-0.4, -0.2) is 25.8 Å². The summed E-state index contributed by atoms with van der Waals surface area (Å²) in [6.07, 6.45) is 1.52. The third kappa shape index (κ3) is 6.36. The molecule has 0 atom stereocenters. The number of benzene rings is 2. The number of hydrazone groups is 1. The number of ether oxygens (including phenoxy) is 2. The first kappa shape index (κ1) is 21.4. The minimum absolute atomic E-state index is 0.0765. The van der Waals surface area contributed by atoms with Crippen LogP contribution in [0.5, 0.6) is 11.5 Å². The highest BCUT2D eigenvalue weighted by Gasteiger charge is 2.13. The molecule has 0 radical (unpaired) electrons. The van der Waals surface area contributed by atoms with E-state index in [0.29, 0.717) is 11.5 Å². The largest absolute Gasteiger partial charge is 0.495 e. The number of halogens is 2. The minimum Gasteiger partial charge on any atom is -0.495 e. The molecule has 0 aromatic heterocycles. The summed E-state index contributed by atoms with van der Waals surface area (Å²) in [6.45, 7) is 6.32. The van der Waals surface area contributed by atoms with Gasteiger partial charge in [-0.15, -0.1) is 0 Å². The van der Waals surface area contributed by atoms with Crippen molar-refractivity contribution in [1.82, 2.24) is 5.43 Å². The third-order valence-corrected chi connectivity index (χ3v) is 4.77. The number of carbonyl (C=O) groups is 1. The van der Waals surface area contributed by atoms with Gasteiger partial charge < -0.3 is 9.47 Å². The van der Waals surface area contributed by atoms with E-state index >= 15 is 0 Å². The van der Waals surface area contributed by atoms with E-state index < -0.39 is 0 Å². The molecule has 0 spiro atoms. The lowest BCUT2D eigenvalue weighted by atomic mass is 9.87. The fourth-order valence-electron chi connectivity index (χ4n) is 2.30. The van der Waals surface area contributed by atoms with Gasteiger partial charge in [0.15, 0.2) is 6.61 Å². The molecular weight excluding hydrogens is 476 g/mol. The average Bonchev–Trinajstić information content (AvgIpc) is 2.59. The van der Waals surface area contributed by atoms with Crippen molar-refractivity contribution in [3.63, 3.8) is 0 Å². The Kier molecular flexibility index (Phi) is 7.44. The minimum atomic E-state index is -0.348. The molecule has 2 rings (SSSR count). The Balaban J connectivity index is 1.91. The molecule has 0 saturated heterocycles. The van der Waals surface area contributed by atoms with Gasteiger partial charge in [-0.2, -0.15) is 5.10 Å². The molecule has 2 aromatic carbocycles. The summed E-state index contributed by atoms with van der Waals surface area (Å²) in [4.78, 5) is 11.9. The van der Waals surface area contributed by atoms with E-state index in [9.17, 15) is 4.79 Å². The van der Waals surface area contributed by atoms with Crippen LogP contribution in [0.15, 0.2) is 50.4 Å². The second-order valence-corrected chi connectivity index (χ2v) is 8.64. The molecule has 0 bridgehead atoms. The summed E-state index contributed by atoms with van der Waals surface area (Å²) in [5.74, 6) is 0.922. The molecule has 0 fully saturated rings. The Bertz CT molecular complexity index is 828. The lowest BCUT2D eigenvalue weighted by Crippen LogP contribution is -2.24. The van der Waals surface area contributed by atoms with Gasteiger partial charge in [0.2, 0.25) is 0 Å². The Morgan fingerprint density at radius 1 is 1.19 bits per heavy atom. The second-order valence-electron chi connectivity index (χ2n) is 6.87. The SMILES string of the molecule is COc1c(Br)cc(Br)cc1/C=N\NC(=O)COc1ccc(C(C)(C)C)cc1. The molecule has 27 heavy (non-hydrogen) atoms. The van der Waals surface area contributed by atoms with Gasteiger partial charge in [-0.25, -0.2) is 5.43 Å². The molecule has 0 aliphatic rings. The first-order valence-electron chi connectivity index (χ1n) is 8.29. The Hall–Kier alpha value is -1.86. The Labute approximate surface area is 176 Å². The highest BCUT2D eigenvalue weighted by atomic mass is 79.9. The van der Waals surface area contributed by atoms with Crippen LogP contribution < -0.4 is 14.9 Å². The van der Waals surface area contributed by atoms with Crippen LogP contribution in [0.4, 0.5) is 0 Å². The van der Waals surface area contributed by atoms with Gasteiger partial charge in [0.25, 0.3) is 5.91 Å². The molecule has 2 aromatic rings. The van der Waals surface area contributed by atoms with E-state index in [0.717, 1.165) is 14.5 Å². The molecule has 0 aliphatic carbocycles. The number of nitrogens with zero attached hydrogens (tertiary/aromatic N) is 1. The number of nitrogens with one attached hydrogen (secondary N) is 1. The van der Waals surface area contributed by atoms with E-state index in [4.69, 9.17) is 9.47 Å². The Morgan fingerprint density at radius 3 is 2.44 bits per heavy atom. The number of rotatable bonds is 6. The molecule has 1 N–H and O–H groups in total. The molecule has 5 nitrogen and oxygen atoms in total. The summed E-state index contributed by atoms with van der Waals surface area (Å²) in [5.41, 5.74) is 4.45. The van der Waals surface area contributed by atoms with E-state index in [1.165, 1.54) is 11.8 Å². The molecule has 0 unspecified atom stereocenters. The lowest BCUT2D eigenvalue weighted by Gasteiger charge is -2.19. The van der Waals surface area contributed by atoms with Crippen LogP contribution in [0.25, 0.3) is 0 Å². The third-order valence-electron chi connectivity index (χ3n) is 3.72. The second kappa shape index (κ2) is 9.37. The number of hydrogen-bond donors (Lipinski definition) is 1. The monoisotopic (exact) mass is 496 g/mol. The standard InChI is InChI=1S/C20H22Br2N2O3/c1-20(2,3)14-5-7-16(8-6-14)27-12-18(25)24-23-11-13-9-15(21)10-17(22)19(13)26-4/h5-11H,12H2,1-4H3,(H,24,25)/b23-11-. The molecule has 144 valence electrons. The summed E-state index contributed by atoms with van der Waals surface area (Å²) in [5, 5.41) is 3.96. The fourth-order valence-corrected chi connectivity index (χ4v) is 3.72. The highest BCUT2D eigenvalue weighted by molar-refractivity contribution is 9.11. The molecule has 1 amide bonds. The van der Waals surface area contributed by atoms with Crippen LogP contribution in [0, 0.1) is 0 Å². The first-order valence-corrected chi connectivity index (χ1v) is 9.87. The van der Waals surface area contributed by atoms with Crippen molar-refractivity contribution in [2.45, 2.75) is 26.2 Å². The van der Waals surface area contributed by atoms with Gasteiger partial charge in [0.1, 0.15) is 11.5 Å². The van der Waals surface area contributed by atoms with Crippen molar-refractivity contribution in [3.05, 3.63) is 56.5 Å². The summed E-state index contributed by atoms with van der Waals surface area (Å²) in [6, 6.07) is 11.4. The van der Waals surface area contributed by atoms with Crippen LogP contribution in [0.3, 0.4) is 0 Å². The number of methoxy groups -OCH3 is 1. The van der Waals surface area contributed by atoms with Gasteiger partial charge in [-0.05, 0) is 51.2 Å². The predicted molar refractivity (Wildman–Crippen MR) is 115 cm³/mol. The maximum absolute atomic E-state index is 11.9. The predicted octanol–water partition coefficient (Wildman–Crippen LogP) is 5.05. The summed E-state index contributed by atoms with van der Waals surface area (Å²) < 4.78 is 12.5. The van der Waals surface area contributed by atoms with Gasteiger partial charge in [0, 0.05) is 10.0 Å². The van der Waals surface area contributed by atoms with Gasteiger partial charge in [-0.1, -0.05) is 48.8 Å². The van der Waals surface area contributed by atoms with Gasteiger partial charge in [0.05, 0.1) is 17.8 Å². The molecule has 0 heterocycles. The molecular formula is C20H22Br2N2O3. The quantitative estimate of drug-likeness (QED) is 0.449. The Morgan fingerprint density at radius 2 is 1.85 bits per heavy atom. The van der Waals surface area contributed by atoms with E-state index in [2.05, 4.69) is 63.2 Å². The first-order chi connectivity index (χ1) is 12.7. The molecule has 0 aliphatic heterocycles.